The predicted molar refractivity (Wildman–Crippen MR) is 134 cm³/mol. The van der Waals surface area contributed by atoms with Crippen LogP contribution >= 0.6 is 23.4 Å². The largest absolute Gasteiger partial charge is 0.480 e. The smallest absolute Gasteiger partial charge is 0.341 e. The van der Waals surface area contributed by atoms with Crippen molar-refractivity contribution >= 4 is 29.3 Å². The summed E-state index contributed by atoms with van der Waals surface area (Å²) in [7, 11) is 0. The highest BCUT2D eigenvalue weighted by Gasteiger charge is 2.11. The molecule has 0 saturated carbocycles. The van der Waals surface area contributed by atoms with Gasteiger partial charge in [0.1, 0.15) is 11.9 Å². The fourth-order valence-corrected chi connectivity index (χ4v) is 4.67. The Morgan fingerprint density at radius 3 is 2.62 bits per heavy atom. The lowest BCUT2D eigenvalue weighted by atomic mass is 10.1. The fourth-order valence-electron chi connectivity index (χ4n) is 3.51. The Kier molecular flexibility index (Phi) is 11.1. The lowest BCUT2D eigenvalue weighted by Gasteiger charge is -2.26. The van der Waals surface area contributed by atoms with Crippen molar-refractivity contribution in [2.75, 3.05) is 46.1 Å². The summed E-state index contributed by atoms with van der Waals surface area (Å²) < 4.78 is 16.4. The zero-order valence-electron chi connectivity index (χ0n) is 19.1. The molecule has 2 aromatic carbocycles. The summed E-state index contributed by atoms with van der Waals surface area (Å²) in [5.74, 6) is 2.08. The Bertz CT molecular complexity index is 957. The molecule has 1 saturated heterocycles. The van der Waals surface area contributed by atoms with Crippen LogP contribution in [0.15, 0.2) is 52.3 Å². The van der Waals surface area contributed by atoms with E-state index < -0.39 is 12.6 Å². The normalized spacial score (nSPS) is 14.9. The summed E-state index contributed by atoms with van der Waals surface area (Å²) >= 11 is 7.78. The minimum Gasteiger partial charge on any atom is -0.480 e. The number of carboxylic acid groups (broad SMARTS) is 1. The van der Waals surface area contributed by atoms with E-state index in [1.54, 1.807) is 23.9 Å². The number of benzene rings is 2. The van der Waals surface area contributed by atoms with E-state index >= 15 is 0 Å². The Hall–Kier alpha value is -2.21. The third-order valence-electron chi connectivity index (χ3n) is 5.34. The second kappa shape index (κ2) is 14.2. The number of halogens is 1. The van der Waals surface area contributed by atoms with Crippen LogP contribution in [0.5, 0.6) is 5.75 Å². The summed E-state index contributed by atoms with van der Waals surface area (Å²) in [4.78, 5) is 15.1. The van der Waals surface area contributed by atoms with Crippen LogP contribution in [-0.2, 0) is 20.7 Å². The molecule has 1 heterocycles. The summed E-state index contributed by atoms with van der Waals surface area (Å²) in [5, 5.41) is 9.10. The quantitative estimate of drug-likeness (QED) is 0.316. The molecule has 1 unspecified atom stereocenters. The highest BCUT2D eigenvalue weighted by molar-refractivity contribution is 7.99. The van der Waals surface area contributed by atoms with E-state index in [1.807, 2.05) is 6.07 Å². The van der Waals surface area contributed by atoms with Crippen LogP contribution in [0.3, 0.4) is 0 Å². The molecular formula is C26H30ClNO5S. The van der Waals surface area contributed by atoms with Crippen LogP contribution in [-0.4, -0.2) is 68.1 Å². The van der Waals surface area contributed by atoms with Crippen molar-refractivity contribution in [2.24, 2.45) is 0 Å². The molecule has 8 heteroatoms. The van der Waals surface area contributed by atoms with Crippen LogP contribution in [0.1, 0.15) is 18.4 Å². The Morgan fingerprint density at radius 1 is 1.21 bits per heavy atom. The summed E-state index contributed by atoms with van der Waals surface area (Å²) in [6.07, 6.45) is 8.11. The van der Waals surface area contributed by atoms with Crippen LogP contribution in [0, 0.1) is 12.3 Å². The van der Waals surface area contributed by atoms with Crippen molar-refractivity contribution in [3.63, 3.8) is 0 Å². The number of rotatable bonds is 13. The first-order valence-electron chi connectivity index (χ1n) is 11.3. The van der Waals surface area contributed by atoms with Gasteiger partial charge in [-0.2, -0.15) is 0 Å². The summed E-state index contributed by atoms with van der Waals surface area (Å²) in [6, 6.07) is 13.6. The Labute approximate surface area is 210 Å². The van der Waals surface area contributed by atoms with Crippen LogP contribution in [0.2, 0.25) is 5.02 Å². The van der Waals surface area contributed by atoms with Gasteiger partial charge in [-0.15, -0.1) is 6.42 Å². The lowest BCUT2D eigenvalue weighted by molar-refractivity contribution is -0.139. The molecule has 182 valence electrons. The average Bonchev–Trinajstić information content (AvgIpc) is 2.84. The van der Waals surface area contributed by atoms with Crippen molar-refractivity contribution < 1.29 is 24.1 Å². The number of morpholine rings is 1. The maximum Gasteiger partial charge on any atom is 0.341 e. The van der Waals surface area contributed by atoms with Gasteiger partial charge in [0.25, 0.3) is 0 Å². The Morgan fingerprint density at radius 2 is 1.94 bits per heavy atom. The van der Waals surface area contributed by atoms with E-state index in [0.717, 1.165) is 61.9 Å². The van der Waals surface area contributed by atoms with Gasteiger partial charge >= 0.3 is 5.97 Å². The molecule has 34 heavy (non-hydrogen) atoms. The van der Waals surface area contributed by atoms with Crippen molar-refractivity contribution in [1.82, 2.24) is 4.90 Å². The van der Waals surface area contributed by atoms with Gasteiger partial charge in [0.2, 0.25) is 0 Å². The first-order chi connectivity index (χ1) is 16.5. The number of aliphatic carboxylic acids is 1. The molecule has 0 aliphatic carbocycles. The van der Waals surface area contributed by atoms with Gasteiger partial charge in [-0.05, 0) is 55.2 Å². The van der Waals surface area contributed by atoms with Crippen LogP contribution < -0.4 is 4.74 Å². The molecule has 1 aliphatic heterocycles. The van der Waals surface area contributed by atoms with E-state index in [-0.39, 0.29) is 6.10 Å². The minimum atomic E-state index is -1.04. The van der Waals surface area contributed by atoms with Gasteiger partial charge in [0.15, 0.2) is 6.61 Å². The van der Waals surface area contributed by atoms with Crippen molar-refractivity contribution in [3.8, 4) is 18.1 Å². The monoisotopic (exact) mass is 503 g/mol. The maximum absolute atomic E-state index is 10.6. The second-order valence-electron chi connectivity index (χ2n) is 7.89. The molecular weight excluding hydrogens is 474 g/mol. The third-order valence-corrected chi connectivity index (χ3v) is 6.63. The van der Waals surface area contributed by atoms with E-state index in [2.05, 4.69) is 35.1 Å². The maximum atomic E-state index is 10.6. The van der Waals surface area contributed by atoms with Crippen LogP contribution in [0.25, 0.3) is 0 Å². The van der Waals surface area contributed by atoms with Gasteiger partial charge in [-0.1, -0.05) is 41.4 Å². The van der Waals surface area contributed by atoms with E-state index in [9.17, 15) is 4.79 Å². The van der Waals surface area contributed by atoms with Gasteiger partial charge in [-0.25, -0.2) is 4.79 Å². The number of hydrogen-bond donors (Lipinski definition) is 1. The van der Waals surface area contributed by atoms with E-state index in [1.165, 1.54) is 5.56 Å². The molecule has 0 bridgehead atoms. The number of nitrogens with zero attached hydrogens (tertiary/aromatic N) is 1. The summed E-state index contributed by atoms with van der Waals surface area (Å²) in [6.45, 7) is 4.88. The molecule has 6 nitrogen and oxygen atoms in total. The minimum absolute atomic E-state index is 0.178. The number of carboxylic acids is 1. The first kappa shape index (κ1) is 26.4. The number of carbonyl (C=O) groups is 1. The lowest BCUT2D eigenvalue weighted by Crippen LogP contribution is -2.37. The predicted octanol–water partition coefficient (Wildman–Crippen LogP) is 4.63. The van der Waals surface area contributed by atoms with Gasteiger partial charge < -0.3 is 19.3 Å². The molecule has 1 aliphatic rings. The summed E-state index contributed by atoms with van der Waals surface area (Å²) in [5.41, 5.74) is 1.21. The number of hydrogen-bond acceptors (Lipinski definition) is 6. The number of terminal acetylenes is 1. The molecule has 1 atom stereocenters. The fraction of sp³-hybridized carbons (Fsp3) is 0.423. The van der Waals surface area contributed by atoms with Gasteiger partial charge in [0, 0.05) is 36.0 Å². The zero-order chi connectivity index (χ0) is 24.2. The highest BCUT2D eigenvalue weighted by Crippen LogP contribution is 2.34. The molecule has 1 N–H and O–H groups in total. The third kappa shape index (κ3) is 9.21. The molecule has 0 spiro atoms. The molecule has 1 fully saturated rings. The average molecular weight is 504 g/mol. The topological polar surface area (TPSA) is 68.2 Å². The highest BCUT2D eigenvalue weighted by atomic mass is 35.5. The number of ether oxygens (including phenoxy) is 3. The first-order valence-corrected chi connectivity index (χ1v) is 12.5. The SMILES string of the molecule is C#CC(CCc1ccc(Sc2ccc(OCC(=O)O)c(Cl)c2)cc1)OCCCN1CCOCC1. The second-order valence-corrected chi connectivity index (χ2v) is 9.45. The standard InChI is InChI=1S/C26H30ClNO5S/c1-2-21(32-15-3-12-28-13-16-31-17-14-28)7-4-20-5-8-22(9-6-20)34-23-10-11-25(24(27)18-23)33-19-26(29)30/h1,5-6,8-11,18,21H,3-4,7,12-17,19H2,(H,29,30). The van der Waals surface area contributed by atoms with Crippen molar-refractivity contribution in [3.05, 3.63) is 53.1 Å². The zero-order valence-corrected chi connectivity index (χ0v) is 20.7. The molecule has 0 aromatic heterocycles. The van der Waals surface area contributed by atoms with Crippen LogP contribution in [0.4, 0.5) is 0 Å². The van der Waals surface area contributed by atoms with E-state index in [4.69, 9.17) is 37.3 Å². The molecule has 3 rings (SSSR count). The number of aryl methyl sites for hydroxylation is 1. The van der Waals surface area contributed by atoms with Gasteiger partial charge in [0.05, 0.1) is 18.2 Å². The van der Waals surface area contributed by atoms with E-state index in [0.29, 0.717) is 17.4 Å². The van der Waals surface area contributed by atoms with Crippen molar-refractivity contribution in [1.29, 1.82) is 0 Å². The molecule has 0 radical (unpaired) electrons. The molecule has 0 amide bonds. The van der Waals surface area contributed by atoms with Gasteiger partial charge in [-0.3, -0.25) is 4.90 Å². The Balaban J connectivity index is 1.40. The van der Waals surface area contributed by atoms with Crippen molar-refractivity contribution in [2.45, 2.75) is 35.2 Å². The molecule has 2 aromatic rings.